The first-order valence-electron chi connectivity index (χ1n) is 8.66. The number of ether oxygens (including phenoxy) is 1. The van der Waals surface area contributed by atoms with Crippen molar-refractivity contribution in [1.29, 1.82) is 0 Å². The summed E-state index contributed by atoms with van der Waals surface area (Å²) in [6.07, 6.45) is 0.735. The van der Waals surface area contributed by atoms with Crippen LogP contribution in [0.1, 0.15) is 28.7 Å². The predicted molar refractivity (Wildman–Crippen MR) is 102 cm³/mol. The highest BCUT2D eigenvalue weighted by atomic mass is 35.5. The molecule has 0 radical (unpaired) electrons. The number of benzene rings is 2. The van der Waals surface area contributed by atoms with Gasteiger partial charge >= 0.3 is 0 Å². The predicted octanol–water partition coefficient (Wildman–Crippen LogP) is 2.90. The van der Waals surface area contributed by atoms with Gasteiger partial charge in [0, 0.05) is 23.7 Å². The number of hydrogen-bond acceptors (Lipinski definition) is 5. The van der Waals surface area contributed by atoms with Gasteiger partial charge in [-0.2, -0.15) is 0 Å². The third-order valence-corrected chi connectivity index (χ3v) is 4.23. The highest BCUT2D eigenvalue weighted by Crippen LogP contribution is 2.15. The van der Waals surface area contributed by atoms with E-state index in [0.29, 0.717) is 35.2 Å². The Hall–Kier alpha value is -2.93. The lowest BCUT2D eigenvalue weighted by molar-refractivity contribution is 0.0953. The molecule has 0 fully saturated rings. The van der Waals surface area contributed by atoms with Crippen LogP contribution in [0.25, 0.3) is 0 Å². The molecule has 1 heterocycles. The molecule has 1 amide bonds. The second-order valence-electron chi connectivity index (χ2n) is 5.86. The van der Waals surface area contributed by atoms with Gasteiger partial charge in [0.1, 0.15) is 12.4 Å². The topological polar surface area (TPSA) is 81.9 Å². The van der Waals surface area contributed by atoms with Crippen LogP contribution < -0.4 is 10.1 Å². The summed E-state index contributed by atoms with van der Waals surface area (Å²) in [5, 5.41) is 15.0. The molecular formula is C19H20ClN5O2. The van der Waals surface area contributed by atoms with Crippen LogP contribution in [0.4, 0.5) is 0 Å². The molecule has 2 aromatic carbocycles. The molecule has 7 nitrogen and oxygen atoms in total. The zero-order chi connectivity index (χ0) is 19.1. The molecule has 1 aromatic heterocycles. The molecule has 3 rings (SSSR count). The minimum absolute atomic E-state index is 0.146. The van der Waals surface area contributed by atoms with Gasteiger partial charge in [0.15, 0.2) is 5.82 Å². The van der Waals surface area contributed by atoms with Crippen LogP contribution in [-0.2, 0) is 19.6 Å². The van der Waals surface area contributed by atoms with Gasteiger partial charge in [0.25, 0.3) is 5.91 Å². The molecule has 0 aliphatic heterocycles. The van der Waals surface area contributed by atoms with Crippen LogP contribution >= 0.6 is 11.6 Å². The normalized spacial score (nSPS) is 10.6. The van der Waals surface area contributed by atoms with Gasteiger partial charge in [0.05, 0.1) is 0 Å². The first-order chi connectivity index (χ1) is 13.2. The van der Waals surface area contributed by atoms with Crippen LogP contribution in [0, 0.1) is 0 Å². The zero-order valence-corrected chi connectivity index (χ0v) is 15.7. The molecule has 1 N–H and O–H groups in total. The smallest absolute Gasteiger partial charge is 0.251 e. The average Bonchev–Trinajstić information content (AvgIpc) is 3.15. The average molecular weight is 386 g/mol. The number of nitrogens with zero attached hydrogens (tertiary/aromatic N) is 4. The lowest BCUT2D eigenvalue weighted by Gasteiger charge is -2.09. The number of rotatable bonds is 8. The van der Waals surface area contributed by atoms with Crippen LogP contribution in [0.15, 0.2) is 48.5 Å². The van der Waals surface area contributed by atoms with Crippen LogP contribution in [0.2, 0.25) is 5.02 Å². The number of halogens is 1. The molecule has 0 aliphatic carbocycles. The molecule has 0 atom stereocenters. The Morgan fingerprint density at radius 1 is 1.22 bits per heavy atom. The van der Waals surface area contributed by atoms with Gasteiger partial charge in [-0.25, -0.2) is 4.68 Å². The minimum atomic E-state index is -0.146. The monoisotopic (exact) mass is 385 g/mol. The lowest BCUT2D eigenvalue weighted by atomic mass is 10.1. The van der Waals surface area contributed by atoms with E-state index >= 15 is 0 Å². The lowest BCUT2D eigenvalue weighted by Crippen LogP contribution is -2.25. The van der Waals surface area contributed by atoms with Gasteiger partial charge in [-0.05, 0) is 59.7 Å². The third kappa shape index (κ3) is 5.27. The van der Waals surface area contributed by atoms with Crippen LogP contribution in [0.5, 0.6) is 5.75 Å². The molecule has 0 spiro atoms. The van der Waals surface area contributed by atoms with Crippen molar-refractivity contribution in [2.45, 2.75) is 26.5 Å². The first kappa shape index (κ1) is 18.8. The highest BCUT2D eigenvalue weighted by molar-refractivity contribution is 6.30. The standard InChI is InChI=1S/C19H20ClN5O2/c1-2-25-18(22-23-24-25)13-27-17-5-3-4-15(12-17)19(26)21-11-10-14-6-8-16(20)9-7-14/h3-9,12H,2,10-11,13H2,1H3,(H,21,26). The highest BCUT2D eigenvalue weighted by Gasteiger charge is 2.09. The zero-order valence-electron chi connectivity index (χ0n) is 14.9. The number of aromatic nitrogens is 4. The van der Waals surface area contributed by atoms with E-state index in [0.717, 1.165) is 12.0 Å². The van der Waals surface area contributed by atoms with E-state index < -0.39 is 0 Å². The number of amides is 1. The van der Waals surface area contributed by atoms with Gasteiger partial charge in [-0.1, -0.05) is 29.8 Å². The third-order valence-electron chi connectivity index (χ3n) is 3.98. The number of aryl methyl sites for hydroxylation is 1. The number of hydrogen-bond donors (Lipinski definition) is 1. The first-order valence-corrected chi connectivity index (χ1v) is 9.04. The molecule has 0 saturated carbocycles. The molecule has 140 valence electrons. The van der Waals surface area contributed by atoms with Crippen molar-refractivity contribution in [1.82, 2.24) is 25.5 Å². The van der Waals surface area contributed by atoms with Gasteiger partial charge in [-0.15, -0.1) is 5.10 Å². The molecule has 3 aromatic rings. The number of nitrogens with one attached hydrogen (secondary N) is 1. The summed E-state index contributed by atoms with van der Waals surface area (Å²) in [4.78, 5) is 12.4. The molecule has 0 saturated heterocycles. The Labute approximate surface area is 162 Å². The maximum Gasteiger partial charge on any atom is 0.251 e. The van der Waals surface area contributed by atoms with E-state index in [-0.39, 0.29) is 12.5 Å². The molecular weight excluding hydrogens is 366 g/mol. The second kappa shape index (κ2) is 9.14. The largest absolute Gasteiger partial charge is 0.486 e. The van der Waals surface area contributed by atoms with Gasteiger partial charge < -0.3 is 10.1 Å². The van der Waals surface area contributed by atoms with Crippen molar-refractivity contribution >= 4 is 17.5 Å². The molecule has 8 heteroatoms. The summed E-state index contributed by atoms with van der Waals surface area (Å²) in [6, 6.07) is 14.6. The molecule has 0 unspecified atom stereocenters. The van der Waals surface area contributed by atoms with Crippen molar-refractivity contribution < 1.29 is 9.53 Å². The SMILES string of the molecule is CCn1nnnc1COc1cccc(C(=O)NCCc2ccc(Cl)cc2)c1. The van der Waals surface area contributed by atoms with Crippen LogP contribution in [0.3, 0.4) is 0 Å². The number of carbonyl (C=O) groups excluding carboxylic acids is 1. The summed E-state index contributed by atoms with van der Waals surface area (Å²) in [5.41, 5.74) is 1.66. The second-order valence-corrected chi connectivity index (χ2v) is 6.30. The number of tetrazole rings is 1. The van der Waals surface area contributed by atoms with Crippen molar-refractivity contribution in [2.75, 3.05) is 6.54 Å². The van der Waals surface area contributed by atoms with Crippen molar-refractivity contribution in [3.8, 4) is 5.75 Å². The van der Waals surface area contributed by atoms with E-state index in [1.807, 2.05) is 31.2 Å². The summed E-state index contributed by atoms with van der Waals surface area (Å²) in [7, 11) is 0. The Kier molecular flexibility index (Phi) is 6.38. The van der Waals surface area contributed by atoms with Crippen molar-refractivity contribution in [3.05, 3.63) is 70.5 Å². The number of carbonyl (C=O) groups is 1. The Morgan fingerprint density at radius 2 is 2.04 bits per heavy atom. The quantitative estimate of drug-likeness (QED) is 0.644. The summed E-state index contributed by atoms with van der Waals surface area (Å²) in [6.45, 7) is 3.40. The van der Waals surface area contributed by atoms with E-state index in [1.165, 1.54) is 0 Å². The van der Waals surface area contributed by atoms with Gasteiger partial charge in [0.2, 0.25) is 0 Å². The Morgan fingerprint density at radius 3 is 2.81 bits per heavy atom. The maximum atomic E-state index is 12.4. The Bertz CT molecular complexity index is 895. The summed E-state index contributed by atoms with van der Waals surface area (Å²) >= 11 is 5.87. The molecule has 0 aliphatic rings. The van der Waals surface area contributed by atoms with Gasteiger partial charge in [-0.3, -0.25) is 4.79 Å². The fraction of sp³-hybridized carbons (Fsp3) is 0.263. The van der Waals surface area contributed by atoms with E-state index in [2.05, 4.69) is 20.8 Å². The minimum Gasteiger partial charge on any atom is -0.486 e. The van der Waals surface area contributed by atoms with E-state index in [1.54, 1.807) is 28.9 Å². The van der Waals surface area contributed by atoms with Crippen molar-refractivity contribution in [3.63, 3.8) is 0 Å². The Balaban J connectivity index is 1.52. The molecule has 27 heavy (non-hydrogen) atoms. The maximum absolute atomic E-state index is 12.4. The summed E-state index contributed by atoms with van der Waals surface area (Å²) < 4.78 is 7.37. The fourth-order valence-electron chi connectivity index (χ4n) is 2.52. The van der Waals surface area contributed by atoms with Crippen LogP contribution in [-0.4, -0.2) is 32.7 Å². The van der Waals surface area contributed by atoms with E-state index in [9.17, 15) is 4.79 Å². The van der Waals surface area contributed by atoms with E-state index in [4.69, 9.17) is 16.3 Å². The van der Waals surface area contributed by atoms with Crippen molar-refractivity contribution in [2.24, 2.45) is 0 Å². The molecule has 0 bridgehead atoms. The fourth-order valence-corrected chi connectivity index (χ4v) is 2.65. The summed E-state index contributed by atoms with van der Waals surface area (Å²) in [5.74, 6) is 1.08.